The maximum atomic E-state index is 5.44. The molecule has 0 spiro atoms. The Hall–Kier alpha value is -1.07. The third kappa shape index (κ3) is 3.71. The molecule has 0 aliphatic carbocycles. The lowest BCUT2D eigenvalue weighted by molar-refractivity contribution is 0.135. The highest BCUT2D eigenvalue weighted by Gasteiger charge is 2.20. The number of methoxy groups -OCH3 is 1. The Morgan fingerprint density at radius 2 is 2.17 bits per heavy atom. The standard InChI is InChI=1S/C13H25N3O2/c1-5-14-11(8-9-18-7-3)13-12(17-4)10-15-16(13)6-2/h10-11,14H,5-9H2,1-4H3. The summed E-state index contributed by atoms with van der Waals surface area (Å²) in [6.07, 6.45) is 2.70. The van der Waals surface area contributed by atoms with Gasteiger partial charge in [-0.1, -0.05) is 6.92 Å². The first kappa shape index (κ1) is 15.0. The van der Waals surface area contributed by atoms with Crippen molar-refractivity contribution in [2.24, 2.45) is 0 Å². The average Bonchev–Trinajstić information content (AvgIpc) is 2.80. The second kappa shape index (κ2) is 8.11. The number of aryl methyl sites for hydroxylation is 1. The molecule has 0 bridgehead atoms. The van der Waals surface area contributed by atoms with Crippen LogP contribution in [0.1, 0.15) is 38.9 Å². The lowest BCUT2D eigenvalue weighted by Crippen LogP contribution is -2.25. The third-order valence-electron chi connectivity index (χ3n) is 2.90. The molecule has 0 aliphatic heterocycles. The van der Waals surface area contributed by atoms with E-state index in [-0.39, 0.29) is 6.04 Å². The van der Waals surface area contributed by atoms with Gasteiger partial charge in [-0.2, -0.15) is 5.10 Å². The van der Waals surface area contributed by atoms with Crippen LogP contribution in [0.4, 0.5) is 0 Å². The lowest BCUT2D eigenvalue weighted by atomic mass is 10.1. The van der Waals surface area contributed by atoms with Crippen LogP contribution in [0.5, 0.6) is 5.75 Å². The van der Waals surface area contributed by atoms with Crippen molar-refractivity contribution in [1.82, 2.24) is 15.1 Å². The molecule has 1 aromatic heterocycles. The van der Waals surface area contributed by atoms with E-state index >= 15 is 0 Å². The van der Waals surface area contributed by atoms with Gasteiger partial charge in [-0.05, 0) is 26.8 Å². The molecule has 1 aromatic rings. The molecule has 0 saturated heterocycles. The van der Waals surface area contributed by atoms with Crippen LogP contribution in [0, 0.1) is 0 Å². The van der Waals surface area contributed by atoms with Crippen molar-refractivity contribution in [3.63, 3.8) is 0 Å². The van der Waals surface area contributed by atoms with Crippen molar-refractivity contribution < 1.29 is 9.47 Å². The van der Waals surface area contributed by atoms with Crippen LogP contribution < -0.4 is 10.1 Å². The molecule has 0 aromatic carbocycles. The van der Waals surface area contributed by atoms with E-state index in [9.17, 15) is 0 Å². The molecule has 0 saturated carbocycles. The summed E-state index contributed by atoms with van der Waals surface area (Å²) in [5.74, 6) is 0.847. The summed E-state index contributed by atoms with van der Waals surface area (Å²) in [5.41, 5.74) is 1.11. The maximum absolute atomic E-state index is 5.44. The van der Waals surface area contributed by atoms with Crippen molar-refractivity contribution in [3.05, 3.63) is 11.9 Å². The smallest absolute Gasteiger partial charge is 0.161 e. The summed E-state index contributed by atoms with van der Waals surface area (Å²) in [4.78, 5) is 0. The molecule has 0 amide bonds. The molecule has 104 valence electrons. The topological polar surface area (TPSA) is 48.3 Å². The van der Waals surface area contributed by atoms with Crippen LogP contribution in [0.3, 0.4) is 0 Å². The van der Waals surface area contributed by atoms with E-state index in [1.165, 1.54) is 0 Å². The second-order valence-corrected chi connectivity index (χ2v) is 4.01. The van der Waals surface area contributed by atoms with E-state index in [0.717, 1.165) is 44.2 Å². The fraction of sp³-hybridized carbons (Fsp3) is 0.769. The van der Waals surface area contributed by atoms with Crippen LogP contribution in [0.15, 0.2) is 6.20 Å². The molecule has 1 N–H and O–H groups in total. The summed E-state index contributed by atoms with van der Waals surface area (Å²) in [7, 11) is 1.69. The van der Waals surface area contributed by atoms with Gasteiger partial charge in [-0.15, -0.1) is 0 Å². The Labute approximate surface area is 109 Å². The monoisotopic (exact) mass is 255 g/mol. The predicted octanol–water partition coefficient (Wildman–Crippen LogP) is 1.99. The molecular weight excluding hydrogens is 230 g/mol. The van der Waals surface area contributed by atoms with Gasteiger partial charge in [-0.3, -0.25) is 4.68 Å². The highest BCUT2D eigenvalue weighted by atomic mass is 16.5. The van der Waals surface area contributed by atoms with E-state index in [2.05, 4.69) is 24.3 Å². The van der Waals surface area contributed by atoms with E-state index in [1.54, 1.807) is 13.3 Å². The minimum atomic E-state index is 0.221. The molecule has 0 fully saturated rings. The highest BCUT2D eigenvalue weighted by molar-refractivity contribution is 5.28. The van der Waals surface area contributed by atoms with Gasteiger partial charge in [0.1, 0.15) is 0 Å². The van der Waals surface area contributed by atoms with Crippen LogP contribution in [-0.2, 0) is 11.3 Å². The molecule has 1 unspecified atom stereocenters. The van der Waals surface area contributed by atoms with Crippen molar-refractivity contribution in [1.29, 1.82) is 0 Å². The van der Waals surface area contributed by atoms with E-state index in [1.807, 2.05) is 11.6 Å². The summed E-state index contributed by atoms with van der Waals surface area (Å²) in [5, 5.41) is 7.82. The van der Waals surface area contributed by atoms with Crippen LogP contribution in [-0.4, -0.2) is 36.6 Å². The zero-order valence-corrected chi connectivity index (χ0v) is 11.9. The van der Waals surface area contributed by atoms with Crippen LogP contribution in [0.2, 0.25) is 0 Å². The second-order valence-electron chi connectivity index (χ2n) is 4.01. The number of aromatic nitrogens is 2. The van der Waals surface area contributed by atoms with Gasteiger partial charge in [0.2, 0.25) is 0 Å². The van der Waals surface area contributed by atoms with Gasteiger partial charge in [0.15, 0.2) is 5.75 Å². The van der Waals surface area contributed by atoms with Crippen molar-refractivity contribution in [2.45, 2.75) is 39.8 Å². The Bertz CT molecular complexity index is 317. The Morgan fingerprint density at radius 3 is 2.72 bits per heavy atom. The number of rotatable bonds is 9. The van der Waals surface area contributed by atoms with Crippen molar-refractivity contribution in [2.75, 3.05) is 26.9 Å². The fourth-order valence-electron chi connectivity index (χ4n) is 2.07. The van der Waals surface area contributed by atoms with Crippen molar-refractivity contribution >= 4 is 0 Å². The summed E-state index contributed by atoms with van der Waals surface area (Å²) in [6, 6.07) is 0.221. The molecule has 1 atom stereocenters. The maximum Gasteiger partial charge on any atom is 0.161 e. The zero-order chi connectivity index (χ0) is 13.4. The third-order valence-corrected chi connectivity index (χ3v) is 2.90. The van der Waals surface area contributed by atoms with Gasteiger partial charge in [0.25, 0.3) is 0 Å². The number of ether oxygens (including phenoxy) is 2. The van der Waals surface area contributed by atoms with Crippen LogP contribution in [0.25, 0.3) is 0 Å². The minimum Gasteiger partial charge on any atom is -0.493 e. The number of hydrogen-bond donors (Lipinski definition) is 1. The quantitative estimate of drug-likeness (QED) is 0.686. The molecule has 5 heteroatoms. The molecule has 0 radical (unpaired) electrons. The van der Waals surface area contributed by atoms with Crippen molar-refractivity contribution in [3.8, 4) is 5.75 Å². The summed E-state index contributed by atoms with van der Waals surface area (Å²) >= 11 is 0. The predicted molar refractivity (Wildman–Crippen MR) is 72.0 cm³/mol. The van der Waals surface area contributed by atoms with Gasteiger partial charge in [-0.25, -0.2) is 0 Å². The Kier molecular flexibility index (Phi) is 6.75. The lowest BCUT2D eigenvalue weighted by Gasteiger charge is -2.20. The van der Waals surface area contributed by atoms with Gasteiger partial charge in [0, 0.05) is 19.8 Å². The van der Waals surface area contributed by atoms with E-state index in [4.69, 9.17) is 9.47 Å². The number of nitrogens with one attached hydrogen (secondary N) is 1. The Balaban J connectivity index is 2.85. The van der Waals surface area contributed by atoms with E-state index < -0.39 is 0 Å². The molecule has 18 heavy (non-hydrogen) atoms. The first-order valence-electron chi connectivity index (χ1n) is 6.69. The average molecular weight is 255 g/mol. The summed E-state index contributed by atoms with van der Waals surface area (Å²) in [6.45, 7) is 9.45. The van der Waals surface area contributed by atoms with Gasteiger partial charge >= 0.3 is 0 Å². The normalized spacial score (nSPS) is 12.7. The summed E-state index contributed by atoms with van der Waals surface area (Å²) < 4.78 is 12.8. The zero-order valence-electron chi connectivity index (χ0n) is 11.9. The molecule has 0 aliphatic rings. The van der Waals surface area contributed by atoms with Gasteiger partial charge < -0.3 is 14.8 Å². The molecule has 1 rings (SSSR count). The number of nitrogens with zero attached hydrogens (tertiary/aromatic N) is 2. The van der Waals surface area contributed by atoms with Gasteiger partial charge in [0.05, 0.1) is 25.0 Å². The minimum absolute atomic E-state index is 0.221. The SMILES string of the molecule is CCNC(CCOCC)c1c(OC)cnn1CC. The van der Waals surface area contributed by atoms with Crippen LogP contribution >= 0.6 is 0 Å². The largest absolute Gasteiger partial charge is 0.493 e. The Morgan fingerprint density at radius 1 is 1.39 bits per heavy atom. The fourth-order valence-corrected chi connectivity index (χ4v) is 2.07. The van der Waals surface area contributed by atoms with E-state index in [0.29, 0.717) is 0 Å². The number of hydrogen-bond acceptors (Lipinski definition) is 4. The first-order chi connectivity index (χ1) is 8.78. The molecule has 1 heterocycles. The first-order valence-corrected chi connectivity index (χ1v) is 6.69. The molecular formula is C13H25N3O2. The molecule has 5 nitrogen and oxygen atoms in total. The highest BCUT2D eigenvalue weighted by Crippen LogP contribution is 2.27.